The zero-order chi connectivity index (χ0) is 23.0. The predicted octanol–water partition coefficient (Wildman–Crippen LogP) is 3.78. The van der Waals surface area contributed by atoms with Gasteiger partial charge in [-0.25, -0.2) is 4.79 Å². The van der Waals surface area contributed by atoms with E-state index in [9.17, 15) is 9.59 Å². The number of hydrogen-bond donors (Lipinski definition) is 1. The molecule has 0 bridgehead atoms. The third kappa shape index (κ3) is 5.69. The minimum atomic E-state index is -0.393. The second-order valence-corrected chi connectivity index (χ2v) is 8.05. The van der Waals surface area contributed by atoms with E-state index in [1.165, 1.54) is 18.9 Å². The van der Waals surface area contributed by atoms with E-state index in [2.05, 4.69) is 15.5 Å². The Morgan fingerprint density at radius 3 is 2.48 bits per heavy atom. The number of thioether (sulfide) groups is 1. The number of furan rings is 1. The molecule has 1 N–H and O–H groups in total. The molecular formula is C24H22N4O4S. The van der Waals surface area contributed by atoms with Crippen LogP contribution in [-0.4, -0.2) is 39.5 Å². The normalized spacial score (nSPS) is 10.7. The predicted molar refractivity (Wildman–Crippen MR) is 124 cm³/mol. The lowest BCUT2D eigenvalue weighted by molar-refractivity contribution is -0.118. The number of ether oxygens (including phenoxy) is 1. The smallest absolute Gasteiger partial charge is 0.337 e. The first kappa shape index (κ1) is 22.3. The van der Waals surface area contributed by atoms with Crippen molar-refractivity contribution in [3.63, 3.8) is 0 Å². The Bertz CT molecular complexity index is 1210. The number of hydrogen-bond acceptors (Lipinski definition) is 7. The summed E-state index contributed by atoms with van der Waals surface area (Å²) in [4.78, 5) is 24.0. The van der Waals surface area contributed by atoms with Gasteiger partial charge in [-0.15, -0.1) is 10.2 Å². The largest absolute Gasteiger partial charge is 0.465 e. The Morgan fingerprint density at radius 2 is 1.79 bits per heavy atom. The van der Waals surface area contributed by atoms with Gasteiger partial charge in [-0.2, -0.15) is 0 Å². The summed E-state index contributed by atoms with van der Waals surface area (Å²) < 4.78 is 12.1. The van der Waals surface area contributed by atoms with E-state index in [0.29, 0.717) is 35.4 Å². The van der Waals surface area contributed by atoms with Crippen LogP contribution in [0, 0.1) is 0 Å². The highest BCUT2D eigenvalue weighted by atomic mass is 32.2. The van der Waals surface area contributed by atoms with Crippen LogP contribution in [0.3, 0.4) is 0 Å². The van der Waals surface area contributed by atoms with E-state index >= 15 is 0 Å². The van der Waals surface area contributed by atoms with Gasteiger partial charge < -0.3 is 14.5 Å². The summed E-state index contributed by atoms with van der Waals surface area (Å²) in [6, 6.07) is 20.5. The quantitative estimate of drug-likeness (QED) is 0.298. The Kier molecular flexibility index (Phi) is 7.21. The van der Waals surface area contributed by atoms with E-state index < -0.39 is 5.97 Å². The highest BCUT2D eigenvalue weighted by molar-refractivity contribution is 7.99. The molecule has 2 aromatic heterocycles. The van der Waals surface area contributed by atoms with Gasteiger partial charge in [0.05, 0.1) is 31.2 Å². The summed E-state index contributed by atoms with van der Waals surface area (Å²) in [5.74, 6) is 0.884. The first-order chi connectivity index (χ1) is 16.1. The number of amides is 1. The lowest BCUT2D eigenvalue weighted by Gasteiger charge is -2.10. The molecule has 8 nitrogen and oxygen atoms in total. The number of nitrogens with zero attached hydrogens (tertiary/aromatic N) is 3. The molecule has 0 atom stereocenters. The molecule has 0 radical (unpaired) electrons. The van der Waals surface area contributed by atoms with Gasteiger partial charge in [0.2, 0.25) is 11.7 Å². The number of carbonyl (C=O) groups excluding carboxylic acids is 2. The minimum Gasteiger partial charge on any atom is -0.465 e. The molecule has 168 valence electrons. The number of carbonyl (C=O) groups is 2. The molecule has 4 aromatic rings. The van der Waals surface area contributed by atoms with Crippen molar-refractivity contribution in [2.75, 3.05) is 12.9 Å². The zero-order valence-electron chi connectivity index (χ0n) is 17.9. The highest BCUT2D eigenvalue weighted by Gasteiger charge is 2.18. The molecule has 2 heterocycles. The molecule has 0 aliphatic heterocycles. The fraction of sp³-hybridized carbons (Fsp3) is 0.167. The molecule has 0 unspecified atom stereocenters. The number of nitrogens with one attached hydrogen (secondary N) is 1. The molecule has 0 saturated heterocycles. The van der Waals surface area contributed by atoms with Gasteiger partial charge in [-0.3, -0.25) is 9.36 Å². The Labute approximate surface area is 195 Å². The van der Waals surface area contributed by atoms with Crippen LogP contribution in [0.4, 0.5) is 0 Å². The average Bonchev–Trinajstić information content (AvgIpc) is 3.52. The van der Waals surface area contributed by atoms with E-state index in [-0.39, 0.29) is 11.7 Å². The van der Waals surface area contributed by atoms with Crippen molar-refractivity contribution >= 4 is 23.6 Å². The average molecular weight is 463 g/mol. The van der Waals surface area contributed by atoms with E-state index in [4.69, 9.17) is 9.15 Å². The van der Waals surface area contributed by atoms with Crippen LogP contribution in [0.25, 0.3) is 11.6 Å². The van der Waals surface area contributed by atoms with Gasteiger partial charge in [0.15, 0.2) is 10.9 Å². The molecule has 0 fully saturated rings. The van der Waals surface area contributed by atoms with Crippen molar-refractivity contribution in [1.82, 2.24) is 20.1 Å². The maximum absolute atomic E-state index is 12.4. The highest BCUT2D eigenvalue weighted by Crippen LogP contribution is 2.25. The number of esters is 1. The second-order valence-electron chi connectivity index (χ2n) is 7.11. The maximum Gasteiger partial charge on any atom is 0.337 e. The SMILES string of the molecule is COC(=O)c1ccc(CNC(=O)CSc2nnc(-c3ccco3)n2Cc2ccccc2)cc1. The van der Waals surface area contributed by atoms with Crippen LogP contribution in [-0.2, 0) is 22.6 Å². The summed E-state index contributed by atoms with van der Waals surface area (Å²) in [6.45, 7) is 0.912. The fourth-order valence-corrected chi connectivity index (χ4v) is 3.92. The van der Waals surface area contributed by atoms with Gasteiger partial charge in [-0.05, 0) is 35.4 Å². The summed E-state index contributed by atoms with van der Waals surface area (Å²) in [7, 11) is 1.34. The molecule has 33 heavy (non-hydrogen) atoms. The van der Waals surface area contributed by atoms with Gasteiger partial charge in [0.25, 0.3) is 0 Å². The van der Waals surface area contributed by atoms with Crippen LogP contribution in [0.1, 0.15) is 21.5 Å². The van der Waals surface area contributed by atoms with Crippen molar-refractivity contribution in [1.29, 1.82) is 0 Å². The molecule has 0 saturated carbocycles. The lowest BCUT2D eigenvalue weighted by Crippen LogP contribution is -2.24. The second kappa shape index (κ2) is 10.6. The summed E-state index contributed by atoms with van der Waals surface area (Å²) >= 11 is 1.31. The van der Waals surface area contributed by atoms with Gasteiger partial charge in [0, 0.05) is 6.54 Å². The molecule has 0 spiro atoms. The third-order valence-corrected chi connectivity index (χ3v) is 5.81. The maximum atomic E-state index is 12.4. The number of benzene rings is 2. The van der Waals surface area contributed by atoms with E-state index in [1.807, 2.05) is 41.0 Å². The zero-order valence-corrected chi connectivity index (χ0v) is 18.7. The van der Waals surface area contributed by atoms with Crippen LogP contribution >= 0.6 is 11.8 Å². The number of rotatable bonds is 9. The third-order valence-electron chi connectivity index (χ3n) is 4.84. The Balaban J connectivity index is 1.39. The molecule has 0 aliphatic carbocycles. The van der Waals surface area contributed by atoms with Crippen molar-refractivity contribution < 1.29 is 18.7 Å². The van der Waals surface area contributed by atoms with Crippen molar-refractivity contribution in [3.05, 3.63) is 89.7 Å². The van der Waals surface area contributed by atoms with E-state index in [0.717, 1.165) is 11.1 Å². The van der Waals surface area contributed by atoms with Gasteiger partial charge in [0.1, 0.15) is 0 Å². The minimum absolute atomic E-state index is 0.133. The van der Waals surface area contributed by atoms with Crippen LogP contribution in [0.5, 0.6) is 0 Å². The Morgan fingerprint density at radius 1 is 1.00 bits per heavy atom. The van der Waals surface area contributed by atoms with Gasteiger partial charge in [-0.1, -0.05) is 54.2 Å². The first-order valence-corrected chi connectivity index (χ1v) is 11.2. The molecule has 9 heteroatoms. The topological polar surface area (TPSA) is 99.2 Å². The molecule has 2 aromatic carbocycles. The van der Waals surface area contributed by atoms with Crippen molar-refractivity contribution in [2.45, 2.75) is 18.2 Å². The Hall–Kier alpha value is -3.85. The first-order valence-electron chi connectivity index (χ1n) is 10.2. The fourth-order valence-electron chi connectivity index (χ4n) is 3.15. The summed E-state index contributed by atoms with van der Waals surface area (Å²) in [5.41, 5.74) is 2.44. The van der Waals surface area contributed by atoms with Gasteiger partial charge >= 0.3 is 5.97 Å². The number of methoxy groups -OCH3 is 1. The standard InChI is InChI=1S/C24H22N4O4S/c1-31-23(30)19-11-9-17(10-12-19)14-25-21(29)16-33-24-27-26-22(20-8-5-13-32-20)28(24)15-18-6-3-2-4-7-18/h2-13H,14-16H2,1H3,(H,25,29). The summed E-state index contributed by atoms with van der Waals surface area (Å²) in [6.07, 6.45) is 1.59. The van der Waals surface area contributed by atoms with Crippen molar-refractivity contribution in [2.24, 2.45) is 0 Å². The van der Waals surface area contributed by atoms with Crippen LogP contribution < -0.4 is 5.32 Å². The number of aromatic nitrogens is 3. The summed E-state index contributed by atoms with van der Waals surface area (Å²) in [5, 5.41) is 12.1. The van der Waals surface area contributed by atoms with Crippen LogP contribution in [0.15, 0.2) is 82.6 Å². The molecule has 4 rings (SSSR count). The van der Waals surface area contributed by atoms with Crippen molar-refractivity contribution in [3.8, 4) is 11.6 Å². The molecule has 0 aliphatic rings. The van der Waals surface area contributed by atoms with E-state index in [1.54, 1.807) is 36.6 Å². The molecule has 1 amide bonds. The van der Waals surface area contributed by atoms with Crippen LogP contribution in [0.2, 0.25) is 0 Å². The lowest BCUT2D eigenvalue weighted by atomic mass is 10.1. The molecular weight excluding hydrogens is 440 g/mol. The monoisotopic (exact) mass is 462 g/mol.